The maximum Gasteiger partial charge on any atom is 0.0750 e. The van der Waals surface area contributed by atoms with Crippen LogP contribution in [0.4, 0.5) is 0 Å². The maximum absolute atomic E-state index is 9.05. The van der Waals surface area contributed by atoms with Gasteiger partial charge in [0, 0.05) is 17.4 Å². The molecule has 1 aliphatic carbocycles. The summed E-state index contributed by atoms with van der Waals surface area (Å²) in [5, 5.41) is 9.05. The number of fused-ring (bicyclic) bond motifs is 1. The third-order valence-electron chi connectivity index (χ3n) is 3.58. The molecule has 1 aromatic rings. The van der Waals surface area contributed by atoms with E-state index in [-0.39, 0.29) is 17.5 Å². The molecule has 0 spiro atoms. The Balaban J connectivity index is 1.75. The Morgan fingerprint density at radius 3 is 2.88 bits per heavy atom. The molecular formula is C13H16O2S. The first kappa shape index (κ1) is 10.6. The second-order valence-electron chi connectivity index (χ2n) is 4.61. The van der Waals surface area contributed by atoms with Crippen molar-refractivity contribution in [2.24, 2.45) is 5.92 Å². The lowest BCUT2D eigenvalue weighted by Crippen LogP contribution is -2.25. The van der Waals surface area contributed by atoms with Crippen molar-refractivity contribution in [3.8, 4) is 0 Å². The summed E-state index contributed by atoms with van der Waals surface area (Å²) in [5.74, 6) is 0.703. The average molecular weight is 236 g/mol. The first-order chi connectivity index (χ1) is 7.85. The molecule has 1 saturated heterocycles. The molecule has 0 aromatic heterocycles. The van der Waals surface area contributed by atoms with Crippen LogP contribution in [-0.4, -0.2) is 29.2 Å². The summed E-state index contributed by atoms with van der Waals surface area (Å²) in [7, 11) is 0. The molecule has 3 heteroatoms. The number of thioether (sulfide) groups is 1. The maximum atomic E-state index is 9.05. The largest absolute Gasteiger partial charge is 0.396 e. The number of aliphatic hydroxyl groups excluding tert-OH is 1. The quantitative estimate of drug-likeness (QED) is 0.870. The van der Waals surface area contributed by atoms with Crippen molar-refractivity contribution in [3.63, 3.8) is 0 Å². The Hall–Kier alpha value is -0.510. The number of rotatable bonds is 4. The lowest BCUT2D eigenvalue weighted by atomic mass is 10.1. The number of benzene rings is 1. The van der Waals surface area contributed by atoms with Gasteiger partial charge in [0.15, 0.2) is 0 Å². The molecule has 1 aliphatic heterocycles. The molecule has 16 heavy (non-hydrogen) atoms. The van der Waals surface area contributed by atoms with Gasteiger partial charge in [0.2, 0.25) is 0 Å². The van der Waals surface area contributed by atoms with Crippen molar-refractivity contribution >= 4 is 11.8 Å². The van der Waals surface area contributed by atoms with Gasteiger partial charge in [-0.2, -0.15) is 0 Å². The topological polar surface area (TPSA) is 29.5 Å². The third kappa shape index (κ3) is 1.67. The Kier molecular flexibility index (Phi) is 2.70. The first-order valence-electron chi connectivity index (χ1n) is 5.82. The minimum Gasteiger partial charge on any atom is -0.396 e. The predicted molar refractivity (Wildman–Crippen MR) is 64.6 cm³/mol. The highest BCUT2D eigenvalue weighted by molar-refractivity contribution is 8.01. The fourth-order valence-electron chi connectivity index (χ4n) is 2.64. The zero-order chi connectivity index (χ0) is 11.0. The minimum atomic E-state index is 0.231. The van der Waals surface area contributed by atoms with Crippen LogP contribution in [0, 0.1) is 5.92 Å². The van der Waals surface area contributed by atoms with Gasteiger partial charge in [-0.25, -0.2) is 0 Å². The summed E-state index contributed by atoms with van der Waals surface area (Å²) in [6.45, 7) is 1.11. The summed E-state index contributed by atoms with van der Waals surface area (Å²) in [6.07, 6.45) is 2.26. The number of aliphatic hydroxyl groups is 1. The third-order valence-corrected chi connectivity index (χ3v) is 5.23. The van der Waals surface area contributed by atoms with Gasteiger partial charge in [-0.05, 0) is 25.0 Å². The van der Waals surface area contributed by atoms with Gasteiger partial charge in [-0.15, -0.1) is 11.8 Å². The van der Waals surface area contributed by atoms with E-state index < -0.39 is 0 Å². The molecule has 3 atom stereocenters. The molecule has 0 bridgehead atoms. The second kappa shape index (κ2) is 4.06. The molecule has 86 valence electrons. The molecule has 3 rings (SSSR count). The minimum absolute atomic E-state index is 0.231. The second-order valence-corrected chi connectivity index (χ2v) is 6.04. The summed E-state index contributed by atoms with van der Waals surface area (Å²) in [5.41, 5.74) is 0. The van der Waals surface area contributed by atoms with Gasteiger partial charge in [-0.1, -0.05) is 18.2 Å². The number of ether oxygens (including phenoxy) is 1. The van der Waals surface area contributed by atoms with E-state index in [0.29, 0.717) is 5.92 Å². The van der Waals surface area contributed by atoms with Crippen LogP contribution in [0.3, 0.4) is 0 Å². The highest BCUT2D eigenvalue weighted by Crippen LogP contribution is 2.63. The van der Waals surface area contributed by atoms with Crippen LogP contribution in [0.1, 0.15) is 12.8 Å². The van der Waals surface area contributed by atoms with Gasteiger partial charge in [0.1, 0.15) is 0 Å². The molecule has 0 amide bonds. The molecule has 0 radical (unpaired) electrons. The standard InChI is InChI=1S/C13H16O2S/c14-7-6-12-13(8-10(13)9-15-12)16-11-4-2-1-3-5-11/h1-5,10,12,14H,6-9H2/t10-,12-,13+/m1/s1. The highest BCUT2D eigenvalue weighted by atomic mass is 32.2. The summed E-state index contributed by atoms with van der Waals surface area (Å²) in [4.78, 5) is 1.32. The highest BCUT2D eigenvalue weighted by Gasteiger charge is 2.64. The van der Waals surface area contributed by atoms with E-state index in [9.17, 15) is 0 Å². The number of hydrogen-bond acceptors (Lipinski definition) is 3. The van der Waals surface area contributed by atoms with Gasteiger partial charge >= 0.3 is 0 Å². The molecule has 0 unspecified atom stereocenters. The molecular weight excluding hydrogens is 220 g/mol. The van der Waals surface area contributed by atoms with Crippen LogP contribution < -0.4 is 0 Å². The van der Waals surface area contributed by atoms with E-state index in [2.05, 4.69) is 24.3 Å². The van der Waals surface area contributed by atoms with Crippen molar-refractivity contribution in [3.05, 3.63) is 30.3 Å². The van der Waals surface area contributed by atoms with Crippen molar-refractivity contribution < 1.29 is 9.84 Å². The van der Waals surface area contributed by atoms with E-state index in [4.69, 9.17) is 9.84 Å². The van der Waals surface area contributed by atoms with Crippen LogP contribution in [0.5, 0.6) is 0 Å². The average Bonchev–Trinajstić information content (AvgIpc) is 2.91. The zero-order valence-corrected chi connectivity index (χ0v) is 9.95. The van der Waals surface area contributed by atoms with Gasteiger partial charge in [0.05, 0.1) is 17.5 Å². The molecule has 2 aliphatic rings. The summed E-state index contributed by atoms with van der Waals surface area (Å²) < 4.78 is 6.02. The molecule has 2 fully saturated rings. The Bertz CT molecular complexity index is 367. The fourth-order valence-corrected chi connectivity index (χ4v) is 4.21. The van der Waals surface area contributed by atoms with Crippen molar-refractivity contribution in [2.45, 2.75) is 28.6 Å². The Morgan fingerprint density at radius 1 is 1.38 bits per heavy atom. The van der Waals surface area contributed by atoms with Crippen molar-refractivity contribution in [2.75, 3.05) is 13.2 Å². The molecule has 1 aromatic carbocycles. The lowest BCUT2D eigenvalue weighted by Gasteiger charge is -2.21. The van der Waals surface area contributed by atoms with Crippen LogP contribution in [0.2, 0.25) is 0 Å². The smallest absolute Gasteiger partial charge is 0.0750 e. The first-order valence-corrected chi connectivity index (χ1v) is 6.63. The van der Waals surface area contributed by atoms with Crippen LogP contribution in [0.15, 0.2) is 35.2 Å². The molecule has 2 nitrogen and oxygen atoms in total. The van der Waals surface area contributed by atoms with E-state index >= 15 is 0 Å². The van der Waals surface area contributed by atoms with E-state index in [0.717, 1.165) is 13.0 Å². The van der Waals surface area contributed by atoms with Gasteiger partial charge in [0.25, 0.3) is 0 Å². The fraction of sp³-hybridized carbons (Fsp3) is 0.538. The molecule has 1 saturated carbocycles. The van der Waals surface area contributed by atoms with Crippen molar-refractivity contribution in [1.82, 2.24) is 0 Å². The Morgan fingerprint density at radius 2 is 2.19 bits per heavy atom. The summed E-state index contributed by atoms with van der Waals surface area (Å²) >= 11 is 1.94. The van der Waals surface area contributed by atoms with E-state index in [1.807, 2.05) is 17.8 Å². The monoisotopic (exact) mass is 236 g/mol. The predicted octanol–water partition coefficient (Wildman–Crippen LogP) is 2.32. The van der Waals surface area contributed by atoms with Gasteiger partial charge < -0.3 is 9.84 Å². The number of hydrogen-bond donors (Lipinski definition) is 1. The normalized spacial score (nSPS) is 36.1. The van der Waals surface area contributed by atoms with Gasteiger partial charge in [-0.3, -0.25) is 0 Å². The van der Waals surface area contributed by atoms with E-state index in [1.54, 1.807) is 0 Å². The molecule has 1 N–H and O–H groups in total. The zero-order valence-electron chi connectivity index (χ0n) is 9.13. The van der Waals surface area contributed by atoms with Crippen LogP contribution in [0.25, 0.3) is 0 Å². The molecule has 1 heterocycles. The van der Waals surface area contributed by atoms with Crippen molar-refractivity contribution in [1.29, 1.82) is 0 Å². The lowest BCUT2D eigenvalue weighted by molar-refractivity contribution is 0.0645. The SMILES string of the molecule is OCC[C@H]1OC[C@H]2C[C@]21Sc1ccccc1. The summed E-state index contributed by atoms with van der Waals surface area (Å²) in [6, 6.07) is 10.5. The van der Waals surface area contributed by atoms with Crippen LogP contribution in [-0.2, 0) is 4.74 Å². The Labute approximate surface area is 100 Å². The van der Waals surface area contributed by atoms with E-state index in [1.165, 1.54) is 11.3 Å². The van der Waals surface area contributed by atoms with Crippen LogP contribution >= 0.6 is 11.8 Å².